The first-order valence-electron chi connectivity index (χ1n) is 6.38. The molecule has 1 amide bonds. The third kappa shape index (κ3) is 3.71. The van der Waals surface area contributed by atoms with Gasteiger partial charge in [-0.3, -0.25) is 4.79 Å². The maximum Gasteiger partial charge on any atom is 0.266 e. The number of anilines is 1. The van der Waals surface area contributed by atoms with Crippen LogP contribution in [0.1, 0.15) is 11.1 Å². The van der Waals surface area contributed by atoms with Crippen molar-refractivity contribution in [3.05, 3.63) is 65.2 Å². The molecule has 2 aromatic carbocycles. The number of aromatic hydroxyl groups is 1. The van der Waals surface area contributed by atoms with Crippen molar-refractivity contribution in [1.82, 2.24) is 0 Å². The molecule has 0 aliphatic heterocycles. The zero-order chi connectivity index (χ0) is 15.2. The predicted octanol–water partition coefficient (Wildman–Crippen LogP) is 3.25. The van der Waals surface area contributed by atoms with E-state index in [2.05, 4.69) is 5.32 Å². The van der Waals surface area contributed by atoms with Crippen LogP contribution in [0.15, 0.2) is 54.1 Å². The lowest BCUT2D eigenvalue weighted by molar-refractivity contribution is -0.112. The Labute approximate surface area is 123 Å². The van der Waals surface area contributed by atoms with E-state index < -0.39 is 5.91 Å². The lowest BCUT2D eigenvalue weighted by Gasteiger charge is -2.05. The summed E-state index contributed by atoms with van der Waals surface area (Å²) in [5.41, 5.74) is 1.99. The number of nitriles is 1. The van der Waals surface area contributed by atoms with Gasteiger partial charge in [0.1, 0.15) is 17.4 Å². The molecule has 0 bridgehead atoms. The minimum atomic E-state index is -0.508. The van der Waals surface area contributed by atoms with Gasteiger partial charge in [-0.2, -0.15) is 5.26 Å². The molecule has 0 spiro atoms. The Hall–Kier alpha value is -3.06. The maximum absolute atomic E-state index is 12.1. The summed E-state index contributed by atoms with van der Waals surface area (Å²) in [7, 11) is 0. The number of para-hydroxylation sites is 1. The number of rotatable bonds is 3. The second-order valence-electron chi connectivity index (χ2n) is 4.55. The van der Waals surface area contributed by atoms with Gasteiger partial charge < -0.3 is 10.4 Å². The van der Waals surface area contributed by atoms with Gasteiger partial charge in [0, 0.05) is 11.3 Å². The van der Waals surface area contributed by atoms with E-state index in [1.165, 1.54) is 12.1 Å². The highest BCUT2D eigenvalue weighted by Gasteiger charge is 2.10. The summed E-state index contributed by atoms with van der Waals surface area (Å²) < 4.78 is 0. The number of hydrogen-bond acceptors (Lipinski definition) is 3. The fourth-order valence-electron chi connectivity index (χ4n) is 1.83. The van der Waals surface area contributed by atoms with Crippen LogP contribution in [0.25, 0.3) is 6.08 Å². The van der Waals surface area contributed by atoms with Crippen molar-refractivity contribution in [3.8, 4) is 11.8 Å². The van der Waals surface area contributed by atoms with Gasteiger partial charge in [-0.25, -0.2) is 0 Å². The molecule has 0 fully saturated rings. The van der Waals surface area contributed by atoms with Gasteiger partial charge in [-0.05, 0) is 36.8 Å². The average molecular weight is 278 g/mol. The molecule has 2 aromatic rings. The third-order valence-corrected chi connectivity index (χ3v) is 2.88. The highest BCUT2D eigenvalue weighted by Crippen LogP contribution is 2.19. The Morgan fingerprint density at radius 3 is 2.67 bits per heavy atom. The number of carbonyl (C=O) groups excluding carboxylic acids is 1. The van der Waals surface area contributed by atoms with Gasteiger partial charge >= 0.3 is 0 Å². The molecule has 2 N–H and O–H groups in total. The first-order chi connectivity index (χ1) is 10.1. The summed E-state index contributed by atoms with van der Waals surface area (Å²) in [4.78, 5) is 12.1. The van der Waals surface area contributed by atoms with Crippen molar-refractivity contribution in [3.63, 3.8) is 0 Å². The number of carbonyl (C=O) groups is 1. The Kier molecular flexibility index (Phi) is 4.37. The molecule has 21 heavy (non-hydrogen) atoms. The normalized spacial score (nSPS) is 10.8. The van der Waals surface area contributed by atoms with Gasteiger partial charge in [-0.15, -0.1) is 0 Å². The van der Waals surface area contributed by atoms with Crippen molar-refractivity contribution < 1.29 is 9.90 Å². The van der Waals surface area contributed by atoms with Crippen LogP contribution in [0, 0.1) is 18.3 Å². The number of nitrogens with one attached hydrogen (secondary N) is 1. The Bertz CT molecular complexity index is 742. The molecular formula is C17H14N2O2. The summed E-state index contributed by atoms with van der Waals surface area (Å²) in [6.07, 6.45) is 1.36. The fraction of sp³-hybridized carbons (Fsp3) is 0.0588. The second-order valence-corrected chi connectivity index (χ2v) is 4.55. The van der Waals surface area contributed by atoms with Gasteiger partial charge in [0.05, 0.1) is 0 Å². The van der Waals surface area contributed by atoms with Gasteiger partial charge in [-0.1, -0.05) is 30.3 Å². The number of phenols is 1. The molecule has 104 valence electrons. The Morgan fingerprint density at radius 1 is 1.24 bits per heavy atom. The third-order valence-electron chi connectivity index (χ3n) is 2.88. The van der Waals surface area contributed by atoms with Crippen LogP contribution < -0.4 is 5.32 Å². The summed E-state index contributed by atoms with van der Waals surface area (Å²) in [5, 5.41) is 21.5. The number of amides is 1. The van der Waals surface area contributed by atoms with Crippen LogP contribution in [-0.2, 0) is 4.79 Å². The predicted molar refractivity (Wildman–Crippen MR) is 81.5 cm³/mol. The van der Waals surface area contributed by atoms with Crippen molar-refractivity contribution in [2.75, 3.05) is 5.32 Å². The molecule has 2 rings (SSSR count). The molecule has 0 aromatic heterocycles. The minimum absolute atomic E-state index is 0.0219. The first kappa shape index (κ1) is 14.4. The molecule has 0 radical (unpaired) electrons. The number of benzene rings is 2. The van der Waals surface area contributed by atoms with E-state index >= 15 is 0 Å². The lowest BCUT2D eigenvalue weighted by atomic mass is 10.1. The molecule has 0 saturated carbocycles. The van der Waals surface area contributed by atoms with Crippen LogP contribution in [0.5, 0.6) is 5.75 Å². The molecule has 4 nitrogen and oxygen atoms in total. The van der Waals surface area contributed by atoms with Gasteiger partial charge in [0.2, 0.25) is 0 Å². The van der Waals surface area contributed by atoms with E-state index in [9.17, 15) is 9.90 Å². The lowest BCUT2D eigenvalue weighted by Crippen LogP contribution is -2.13. The van der Waals surface area contributed by atoms with Crippen LogP contribution >= 0.6 is 0 Å². The summed E-state index contributed by atoms with van der Waals surface area (Å²) in [6, 6.07) is 15.7. The highest BCUT2D eigenvalue weighted by molar-refractivity contribution is 6.09. The van der Waals surface area contributed by atoms with Crippen molar-refractivity contribution >= 4 is 17.7 Å². The summed E-state index contributed by atoms with van der Waals surface area (Å²) in [6.45, 7) is 1.92. The van der Waals surface area contributed by atoms with Crippen LogP contribution in [0.4, 0.5) is 5.69 Å². The molecule has 0 aliphatic rings. The first-order valence-corrected chi connectivity index (χ1v) is 6.38. The van der Waals surface area contributed by atoms with Crippen molar-refractivity contribution in [1.29, 1.82) is 5.26 Å². The molecule has 0 unspecified atom stereocenters. The molecule has 0 heterocycles. The van der Waals surface area contributed by atoms with Crippen LogP contribution in [-0.4, -0.2) is 11.0 Å². The van der Waals surface area contributed by atoms with Gasteiger partial charge in [0.15, 0.2) is 0 Å². The highest BCUT2D eigenvalue weighted by atomic mass is 16.3. The number of nitrogens with zero attached hydrogens (tertiary/aromatic N) is 1. The molecule has 4 heteroatoms. The zero-order valence-corrected chi connectivity index (χ0v) is 11.5. The van der Waals surface area contributed by atoms with E-state index in [1.807, 2.05) is 31.2 Å². The molecular weight excluding hydrogens is 264 g/mol. The SMILES string of the molecule is Cc1cccc(NC(=O)/C(C#N)=C/c2ccccc2O)c1. The average Bonchev–Trinajstić information content (AvgIpc) is 2.46. The van der Waals surface area contributed by atoms with E-state index in [4.69, 9.17) is 5.26 Å². The maximum atomic E-state index is 12.1. The fourth-order valence-corrected chi connectivity index (χ4v) is 1.83. The summed E-state index contributed by atoms with van der Waals surface area (Å²) >= 11 is 0. The number of hydrogen-bond donors (Lipinski definition) is 2. The van der Waals surface area contributed by atoms with Crippen LogP contribution in [0.3, 0.4) is 0 Å². The summed E-state index contributed by atoms with van der Waals surface area (Å²) in [5.74, 6) is -0.486. The number of phenolic OH excluding ortho intramolecular Hbond substituents is 1. The van der Waals surface area contributed by atoms with E-state index in [0.717, 1.165) is 5.56 Å². The zero-order valence-electron chi connectivity index (χ0n) is 11.5. The molecule has 0 aliphatic carbocycles. The van der Waals surface area contributed by atoms with E-state index in [1.54, 1.807) is 24.3 Å². The molecule has 0 saturated heterocycles. The standard InChI is InChI=1S/C17H14N2O2/c1-12-5-4-7-15(9-12)19-17(21)14(11-18)10-13-6-2-3-8-16(13)20/h2-10,20H,1H3,(H,19,21)/b14-10+. The van der Waals surface area contributed by atoms with Crippen molar-refractivity contribution in [2.45, 2.75) is 6.92 Å². The largest absolute Gasteiger partial charge is 0.507 e. The Morgan fingerprint density at radius 2 is 2.00 bits per heavy atom. The van der Waals surface area contributed by atoms with E-state index in [-0.39, 0.29) is 11.3 Å². The monoisotopic (exact) mass is 278 g/mol. The van der Waals surface area contributed by atoms with E-state index in [0.29, 0.717) is 11.3 Å². The van der Waals surface area contributed by atoms with Crippen molar-refractivity contribution in [2.24, 2.45) is 0 Å². The Balaban J connectivity index is 2.24. The minimum Gasteiger partial charge on any atom is -0.507 e. The van der Waals surface area contributed by atoms with Crippen LogP contribution in [0.2, 0.25) is 0 Å². The quantitative estimate of drug-likeness (QED) is 0.668. The molecule has 0 atom stereocenters. The topological polar surface area (TPSA) is 73.1 Å². The smallest absolute Gasteiger partial charge is 0.266 e. The van der Waals surface area contributed by atoms with Gasteiger partial charge in [0.25, 0.3) is 5.91 Å². The second kappa shape index (κ2) is 6.40. The number of aryl methyl sites for hydroxylation is 1.